The highest BCUT2D eigenvalue weighted by Crippen LogP contribution is 2.20. The van der Waals surface area contributed by atoms with Crippen molar-refractivity contribution in [2.75, 3.05) is 5.32 Å². The number of benzene rings is 2. The Morgan fingerprint density at radius 1 is 1.09 bits per heavy atom. The average molecular weight is 299 g/mol. The summed E-state index contributed by atoms with van der Waals surface area (Å²) in [6, 6.07) is 16.3. The minimum Gasteiger partial charge on any atom is -0.378 e. The Balaban J connectivity index is 2.08. The SMILES string of the molecule is CC(C)OCc1ccccc1NC(=O)[C@H](O)c1ccccc1. The summed E-state index contributed by atoms with van der Waals surface area (Å²) in [6.45, 7) is 4.33. The van der Waals surface area contributed by atoms with Crippen LogP contribution in [0, 0.1) is 0 Å². The summed E-state index contributed by atoms with van der Waals surface area (Å²) in [5.74, 6) is -0.455. The molecule has 1 atom stereocenters. The lowest BCUT2D eigenvalue weighted by Gasteiger charge is -2.15. The molecule has 0 bridgehead atoms. The van der Waals surface area contributed by atoms with E-state index in [9.17, 15) is 9.90 Å². The summed E-state index contributed by atoms with van der Waals surface area (Å²) in [5, 5.41) is 12.9. The van der Waals surface area contributed by atoms with Crippen LogP contribution in [0.15, 0.2) is 54.6 Å². The van der Waals surface area contributed by atoms with Crippen molar-refractivity contribution >= 4 is 11.6 Å². The third kappa shape index (κ3) is 4.41. The van der Waals surface area contributed by atoms with Crippen LogP contribution in [0.5, 0.6) is 0 Å². The second-order valence-electron chi connectivity index (χ2n) is 5.32. The molecule has 22 heavy (non-hydrogen) atoms. The summed E-state index contributed by atoms with van der Waals surface area (Å²) in [4.78, 5) is 12.2. The highest BCUT2D eigenvalue weighted by Gasteiger charge is 2.18. The van der Waals surface area contributed by atoms with E-state index in [1.165, 1.54) is 0 Å². The molecule has 1 amide bonds. The van der Waals surface area contributed by atoms with Gasteiger partial charge in [0.25, 0.3) is 5.91 Å². The van der Waals surface area contributed by atoms with Crippen molar-refractivity contribution in [3.8, 4) is 0 Å². The lowest BCUT2D eigenvalue weighted by molar-refractivity contribution is -0.124. The normalized spacial score (nSPS) is 12.2. The highest BCUT2D eigenvalue weighted by atomic mass is 16.5. The highest BCUT2D eigenvalue weighted by molar-refractivity contribution is 5.95. The van der Waals surface area contributed by atoms with E-state index in [-0.39, 0.29) is 6.10 Å². The van der Waals surface area contributed by atoms with Gasteiger partial charge in [-0.3, -0.25) is 4.79 Å². The molecular weight excluding hydrogens is 278 g/mol. The molecule has 0 fully saturated rings. The number of hydrogen-bond acceptors (Lipinski definition) is 3. The molecule has 4 heteroatoms. The van der Waals surface area contributed by atoms with Gasteiger partial charge in [0.1, 0.15) is 0 Å². The Kier molecular flexibility index (Phi) is 5.69. The quantitative estimate of drug-likeness (QED) is 0.860. The minimum atomic E-state index is -1.19. The molecule has 2 aromatic carbocycles. The zero-order valence-electron chi connectivity index (χ0n) is 12.8. The predicted octanol–water partition coefficient (Wildman–Crippen LogP) is 3.28. The smallest absolute Gasteiger partial charge is 0.257 e. The van der Waals surface area contributed by atoms with Gasteiger partial charge in [-0.05, 0) is 25.5 Å². The van der Waals surface area contributed by atoms with Crippen LogP contribution in [0.2, 0.25) is 0 Å². The monoisotopic (exact) mass is 299 g/mol. The third-order valence-corrected chi connectivity index (χ3v) is 3.21. The van der Waals surface area contributed by atoms with E-state index in [0.717, 1.165) is 5.56 Å². The maximum Gasteiger partial charge on any atom is 0.257 e. The fourth-order valence-electron chi connectivity index (χ4n) is 2.01. The molecule has 2 N–H and O–H groups in total. The molecule has 0 saturated heterocycles. The first kappa shape index (κ1) is 16.2. The van der Waals surface area contributed by atoms with Crippen LogP contribution < -0.4 is 5.32 Å². The summed E-state index contributed by atoms with van der Waals surface area (Å²) in [5.41, 5.74) is 2.10. The molecule has 2 rings (SSSR count). The molecular formula is C18H21NO3. The summed E-state index contributed by atoms with van der Waals surface area (Å²) < 4.78 is 5.58. The van der Waals surface area contributed by atoms with Gasteiger partial charge in [0.05, 0.1) is 12.7 Å². The summed E-state index contributed by atoms with van der Waals surface area (Å²) >= 11 is 0. The number of aliphatic hydroxyl groups is 1. The number of carbonyl (C=O) groups excluding carboxylic acids is 1. The van der Waals surface area contributed by atoms with Crippen LogP contribution in [0.25, 0.3) is 0 Å². The summed E-state index contributed by atoms with van der Waals surface area (Å²) in [7, 11) is 0. The van der Waals surface area contributed by atoms with E-state index in [2.05, 4.69) is 5.32 Å². The van der Waals surface area contributed by atoms with Crippen molar-refractivity contribution in [3.63, 3.8) is 0 Å². The number of aliphatic hydroxyl groups excluding tert-OH is 1. The first-order valence-corrected chi connectivity index (χ1v) is 7.31. The number of hydrogen-bond donors (Lipinski definition) is 2. The van der Waals surface area contributed by atoms with Crippen molar-refractivity contribution in [1.82, 2.24) is 0 Å². The van der Waals surface area contributed by atoms with E-state index < -0.39 is 12.0 Å². The largest absolute Gasteiger partial charge is 0.378 e. The Morgan fingerprint density at radius 2 is 1.73 bits per heavy atom. The Labute approximate surface area is 130 Å². The van der Waals surface area contributed by atoms with Gasteiger partial charge in [0, 0.05) is 11.3 Å². The Hall–Kier alpha value is -2.17. The van der Waals surface area contributed by atoms with Gasteiger partial charge in [0.15, 0.2) is 6.10 Å². The van der Waals surface area contributed by atoms with Crippen LogP contribution in [-0.2, 0) is 16.1 Å². The average Bonchev–Trinajstić information content (AvgIpc) is 2.54. The molecule has 0 aliphatic rings. The van der Waals surface area contributed by atoms with Crippen LogP contribution in [0.4, 0.5) is 5.69 Å². The van der Waals surface area contributed by atoms with Crippen molar-refractivity contribution in [3.05, 3.63) is 65.7 Å². The number of ether oxygens (including phenoxy) is 1. The van der Waals surface area contributed by atoms with Gasteiger partial charge in [-0.25, -0.2) is 0 Å². The van der Waals surface area contributed by atoms with Gasteiger partial charge in [0.2, 0.25) is 0 Å². The molecule has 0 unspecified atom stereocenters. The first-order valence-electron chi connectivity index (χ1n) is 7.31. The Bertz CT molecular complexity index is 611. The van der Waals surface area contributed by atoms with Crippen LogP contribution >= 0.6 is 0 Å². The van der Waals surface area contributed by atoms with Gasteiger partial charge in [-0.1, -0.05) is 48.5 Å². The molecule has 0 saturated carbocycles. The molecule has 2 aromatic rings. The number of nitrogens with one attached hydrogen (secondary N) is 1. The lowest BCUT2D eigenvalue weighted by atomic mass is 10.1. The fourth-order valence-corrected chi connectivity index (χ4v) is 2.01. The summed E-state index contributed by atoms with van der Waals surface area (Å²) in [6.07, 6.45) is -1.08. The van der Waals surface area contributed by atoms with E-state index in [1.54, 1.807) is 30.3 Å². The van der Waals surface area contributed by atoms with Crippen molar-refractivity contribution in [2.45, 2.75) is 32.7 Å². The zero-order chi connectivity index (χ0) is 15.9. The second-order valence-corrected chi connectivity index (χ2v) is 5.32. The van der Waals surface area contributed by atoms with Crippen molar-refractivity contribution in [1.29, 1.82) is 0 Å². The molecule has 116 valence electrons. The predicted molar refractivity (Wildman–Crippen MR) is 86.4 cm³/mol. The van der Waals surface area contributed by atoms with Crippen LogP contribution in [0.1, 0.15) is 31.1 Å². The van der Waals surface area contributed by atoms with E-state index in [4.69, 9.17) is 4.74 Å². The van der Waals surface area contributed by atoms with Crippen LogP contribution in [0.3, 0.4) is 0 Å². The molecule has 0 aliphatic carbocycles. The van der Waals surface area contributed by atoms with Crippen LogP contribution in [-0.4, -0.2) is 17.1 Å². The second kappa shape index (κ2) is 7.73. The maximum atomic E-state index is 12.2. The zero-order valence-corrected chi connectivity index (χ0v) is 12.8. The topological polar surface area (TPSA) is 58.6 Å². The van der Waals surface area contributed by atoms with Gasteiger partial charge < -0.3 is 15.2 Å². The molecule has 0 heterocycles. The fraction of sp³-hybridized carbons (Fsp3) is 0.278. The Morgan fingerprint density at radius 3 is 2.41 bits per heavy atom. The molecule has 4 nitrogen and oxygen atoms in total. The van der Waals surface area contributed by atoms with E-state index in [1.807, 2.05) is 38.1 Å². The number of para-hydroxylation sites is 1. The number of carbonyl (C=O) groups is 1. The number of anilines is 1. The standard InChI is InChI=1S/C18H21NO3/c1-13(2)22-12-15-10-6-7-11-16(15)19-18(21)17(20)14-8-4-3-5-9-14/h3-11,13,17,20H,12H2,1-2H3,(H,19,21)/t17-/m1/s1. The van der Waals surface area contributed by atoms with Gasteiger partial charge >= 0.3 is 0 Å². The maximum absolute atomic E-state index is 12.2. The van der Waals surface area contributed by atoms with E-state index in [0.29, 0.717) is 17.9 Å². The number of amides is 1. The minimum absolute atomic E-state index is 0.110. The molecule has 0 aromatic heterocycles. The van der Waals surface area contributed by atoms with E-state index >= 15 is 0 Å². The lowest BCUT2D eigenvalue weighted by Crippen LogP contribution is -2.21. The number of rotatable bonds is 6. The molecule has 0 aliphatic heterocycles. The van der Waals surface area contributed by atoms with Gasteiger partial charge in [-0.2, -0.15) is 0 Å². The first-order chi connectivity index (χ1) is 10.6. The van der Waals surface area contributed by atoms with Crippen molar-refractivity contribution < 1.29 is 14.6 Å². The molecule has 0 spiro atoms. The van der Waals surface area contributed by atoms with Gasteiger partial charge in [-0.15, -0.1) is 0 Å². The third-order valence-electron chi connectivity index (χ3n) is 3.21. The molecule has 0 radical (unpaired) electrons. The van der Waals surface area contributed by atoms with Crippen molar-refractivity contribution in [2.24, 2.45) is 0 Å².